The first-order valence-electron chi connectivity index (χ1n) is 5.62. The Morgan fingerprint density at radius 1 is 1.53 bits per heavy atom. The first kappa shape index (κ1) is 12.8. The second kappa shape index (κ2) is 5.80. The van der Waals surface area contributed by atoms with Crippen molar-refractivity contribution in [3.05, 3.63) is 46.5 Å². The lowest BCUT2D eigenvalue weighted by Crippen LogP contribution is -2.23. The number of carbonyl (C=O) groups excluding carboxylic acids is 1. The highest BCUT2D eigenvalue weighted by atomic mass is 16.6. The van der Waals surface area contributed by atoms with Gasteiger partial charge in [0.2, 0.25) is 5.91 Å². The summed E-state index contributed by atoms with van der Waals surface area (Å²) in [4.78, 5) is 21.4. The second-order valence-corrected chi connectivity index (χ2v) is 3.80. The normalized spacial score (nSPS) is 10.3. The number of furan rings is 1. The molecule has 0 saturated heterocycles. The van der Waals surface area contributed by atoms with Gasteiger partial charge in [0.15, 0.2) is 0 Å². The van der Waals surface area contributed by atoms with E-state index in [0.29, 0.717) is 12.3 Å². The van der Waals surface area contributed by atoms with Crippen LogP contribution in [0.4, 0.5) is 5.82 Å². The van der Waals surface area contributed by atoms with Crippen LogP contribution in [0, 0.1) is 10.1 Å². The number of aryl methyl sites for hydroxylation is 1. The molecule has 1 N–H and O–H groups in total. The molecule has 0 aliphatic carbocycles. The summed E-state index contributed by atoms with van der Waals surface area (Å²) >= 11 is 0. The van der Waals surface area contributed by atoms with Gasteiger partial charge in [0, 0.05) is 6.42 Å². The van der Waals surface area contributed by atoms with Crippen molar-refractivity contribution in [1.82, 2.24) is 15.1 Å². The van der Waals surface area contributed by atoms with Crippen molar-refractivity contribution in [1.29, 1.82) is 0 Å². The Kier molecular flexibility index (Phi) is 3.91. The number of rotatable bonds is 6. The quantitative estimate of drug-likeness (QED) is 0.621. The zero-order valence-corrected chi connectivity index (χ0v) is 9.98. The molecule has 1 amide bonds. The lowest BCUT2D eigenvalue weighted by atomic mass is 10.4. The molecule has 2 rings (SSSR count). The maximum Gasteiger partial charge on any atom is 0.389 e. The van der Waals surface area contributed by atoms with Crippen molar-refractivity contribution >= 4 is 11.7 Å². The van der Waals surface area contributed by atoms with Crippen molar-refractivity contribution in [3.8, 4) is 0 Å². The van der Waals surface area contributed by atoms with Gasteiger partial charge in [-0.2, -0.15) is 4.68 Å². The minimum absolute atomic E-state index is 0.172. The maximum atomic E-state index is 11.5. The summed E-state index contributed by atoms with van der Waals surface area (Å²) in [7, 11) is 0. The Hall–Kier alpha value is -2.64. The van der Waals surface area contributed by atoms with E-state index < -0.39 is 4.92 Å². The zero-order valence-electron chi connectivity index (χ0n) is 9.98. The molecule has 0 aliphatic rings. The van der Waals surface area contributed by atoms with Gasteiger partial charge in [-0.25, -0.2) is 0 Å². The van der Waals surface area contributed by atoms with Crippen molar-refractivity contribution in [2.45, 2.75) is 19.5 Å². The largest absolute Gasteiger partial charge is 0.467 e. The van der Waals surface area contributed by atoms with Crippen LogP contribution in [0.3, 0.4) is 0 Å². The lowest BCUT2D eigenvalue weighted by Gasteiger charge is -2.01. The predicted molar refractivity (Wildman–Crippen MR) is 64.1 cm³/mol. The van der Waals surface area contributed by atoms with Crippen molar-refractivity contribution < 1.29 is 14.1 Å². The van der Waals surface area contributed by atoms with Crippen LogP contribution in [-0.4, -0.2) is 20.6 Å². The average Bonchev–Trinajstić information content (AvgIpc) is 3.05. The molecule has 0 spiro atoms. The Bertz CT molecular complexity index is 561. The summed E-state index contributed by atoms with van der Waals surface area (Å²) in [6.07, 6.45) is 3.20. The van der Waals surface area contributed by atoms with E-state index >= 15 is 0 Å². The monoisotopic (exact) mass is 264 g/mol. The molecule has 0 aliphatic heterocycles. The molecule has 0 atom stereocenters. The van der Waals surface area contributed by atoms with Gasteiger partial charge in [0.25, 0.3) is 0 Å². The smallest absolute Gasteiger partial charge is 0.389 e. The Morgan fingerprint density at radius 3 is 3.00 bits per heavy atom. The maximum absolute atomic E-state index is 11.5. The molecule has 8 heteroatoms. The summed E-state index contributed by atoms with van der Waals surface area (Å²) in [6.45, 7) is 0.614. The number of carbonyl (C=O) groups is 1. The van der Waals surface area contributed by atoms with Crippen molar-refractivity contribution in [2.24, 2.45) is 0 Å². The Labute approximate surface area is 108 Å². The molecular weight excluding hydrogens is 252 g/mol. The van der Waals surface area contributed by atoms with Crippen molar-refractivity contribution in [3.63, 3.8) is 0 Å². The van der Waals surface area contributed by atoms with E-state index in [1.807, 2.05) is 0 Å². The summed E-state index contributed by atoms with van der Waals surface area (Å²) in [5.41, 5.74) is 0. The van der Waals surface area contributed by atoms with E-state index in [0.717, 1.165) is 0 Å². The predicted octanol–water partition coefficient (Wildman–Crippen LogP) is 1.09. The molecule has 2 aromatic heterocycles. The molecule has 100 valence electrons. The third-order valence-electron chi connectivity index (χ3n) is 2.42. The van der Waals surface area contributed by atoms with Crippen LogP contribution in [0.2, 0.25) is 0 Å². The highest BCUT2D eigenvalue weighted by molar-refractivity contribution is 5.75. The topological polar surface area (TPSA) is 103 Å². The lowest BCUT2D eigenvalue weighted by molar-refractivity contribution is -0.389. The molecule has 0 unspecified atom stereocenters. The number of nitro groups is 1. The summed E-state index contributed by atoms with van der Waals surface area (Å²) in [6, 6.07) is 4.79. The number of aromatic nitrogens is 2. The molecule has 0 saturated carbocycles. The first-order valence-corrected chi connectivity index (χ1v) is 5.62. The Morgan fingerprint density at radius 2 is 2.37 bits per heavy atom. The van der Waals surface area contributed by atoms with Crippen LogP contribution in [0.1, 0.15) is 12.2 Å². The van der Waals surface area contributed by atoms with E-state index in [4.69, 9.17) is 4.42 Å². The van der Waals surface area contributed by atoms with Crippen LogP contribution in [-0.2, 0) is 17.9 Å². The molecule has 0 aromatic carbocycles. The zero-order chi connectivity index (χ0) is 13.7. The molecule has 2 aromatic rings. The SMILES string of the molecule is O=C(CCn1ccc([N+](=O)[O-])n1)NCc1ccco1. The second-order valence-electron chi connectivity index (χ2n) is 3.80. The third-order valence-corrected chi connectivity index (χ3v) is 2.42. The minimum atomic E-state index is -0.576. The number of nitrogens with zero attached hydrogens (tertiary/aromatic N) is 3. The number of nitrogens with one attached hydrogen (secondary N) is 1. The van der Waals surface area contributed by atoms with Gasteiger partial charge in [-0.1, -0.05) is 0 Å². The van der Waals surface area contributed by atoms with Crippen LogP contribution >= 0.6 is 0 Å². The fourth-order valence-corrected chi connectivity index (χ4v) is 1.48. The van der Waals surface area contributed by atoms with Gasteiger partial charge in [0.05, 0.1) is 36.7 Å². The molecule has 0 bridgehead atoms. The fourth-order valence-electron chi connectivity index (χ4n) is 1.48. The van der Waals surface area contributed by atoms with E-state index in [9.17, 15) is 14.9 Å². The standard InChI is InChI=1S/C11H12N4O4/c16-11(12-8-9-2-1-7-19-9)4-6-14-5-3-10(13-14)15(17)18/h1-3,5,7H,4,6,8H2,(H,12,16). The molecule has 2 heterocycles. The molecule has 0 fully saturated rings. The van der Waals surface area contributed by atoms with Crippen LogP contribution in [0.5, 0.6) is 0 Å². The fraction of sp³-hybridized carbons (Fsp3) is 0.273. The van der Waals surface area contributed by atoms with Gasteiger partial charge in [0.1, 0.15) is 5.76 Å². The summed E-state index contributed by atoms with van der Waals surface area (Å²) in [5, 5.41) is 16.8. The Balaban J connectivity index is 1.75. The third kappa shape index (κ3) is 3.66. The first-order chi connectivity index (χ1) is 9.15. The number of hydrogen-bond donors (Lipinski definition) is 1. The van der Waals surface area contributed by atoms with Gasteiger partial charge in [-0.3, -0.25) is 4.79 Å². The van der Waals surface area contributed by atoms with Gasteiger partial charge in [-0.15, -0.1) is 0 Å². The van der Waals surface area contributed by atoms with Gasteiger partial charge < -0.3 is 19.8 Å². The van der Waals surface area contributed by atoms with E-state index in [2.05, 4.69) is 10.4 Å². The molecule has 19 heavy (non-hydrogen) atoms. The summed E-state index contributed by atoms with van der Waals surface area (Å²) < 4.78 is 6.43. The summed E-state index contributed by atoms with van der Waals surface area (Å²) in [5.74, 6) is 0.272. The van der Waals surface area contributed by atoms with Gasteiger partial charge in [-0.05, 0) is 17.1 Å². The van der Waals surface area contributed by atoms with Crippen LogP contribution < -0.4 is 5.32 Å². The van der Waals surface area contributed by atoms with Crippen LogP contribution in [0.25, 0.3) is 0 Å². The van der Waals surface area contributed by atoms with E-state index in [1.165, 1.54) is 23.2 Å². The highest BCUT2D eigenvalue weighted by Gasteiger charge is 2.11. The van der Waals surface area contributed by atoms with E-state index in [1.54, 1.807) is 12.1 Å². The van der Waals surface area contributed by atoms with Crippen LogP contribution in [0.15, 0.2) is 35.1 Å². The van der Waals surface area contributed by atoms with E-state index in [-0.39, 0.29) is 24.7 Å². The number of hydrogen-bond acceptors (Lipinski definition) is 5. The van der Waals surface area contributed by atoms with Crippen molar-refractivity contribution in [2.75, 3.05) is 0 Å². The average molecular weight is 264 g/mol. The minimum Gasteiger partial charge on any atom is -0.467 e. The molecule has 8 nitrogen and oxygen atoms in total. The molecular formula is C11H12N4O4. The highest BCUT2D eigenvalue weighted by Crippen LogP contribution is 2.05. The number of amides is 1. The van der Waals surface area contributed by atoms with Gasteiger partial charge >= 0.3 is 5.82 Å². The molecule has 0 radical (unpaired) electrons.